The van der Waals surface area contributed by atoms with Gasteiger partial charge < -0.3 is 9.80 Å². The Morgan fingerprint density at radius 1 is 0.268 bits per heavy atom. The maximum atomic E-state index is 2.53. The standard InChI is InChI=1S/C68H46N2S/c1-5-22-47(23-6-1)67(48-24-7-2-8-25-48)59-34-16-18-36-61(59)68(62-37-19-17-35-60(62)67)58-33-15-13-30-54(58)55-45-44-53(46-63(55)68)70(64-38-21-32-57-56-31-14-20-39-65(56)71-66(57)64)52-42-40-51(41-43-52)69(49-26-9-3-10-27-49)50-28-11-4-12-29-50/h1-46H. The van der Waals surface area contributed by atoms with Gasteiger partial charge in [0.25, 0.3) is 0 Å². The van der Waals surface area contributed by atoms with Gasteiger partial charge in [0.1, 0.15) is 0 Å². The van der Waals surface area contributed by atoms with E-state index in [9.17, 15) is 0 Å². The highest BCUT2D eigenvalue weighted by Gasteiger charge is 2.56. The molecular formula is C68H46N2S. The molecule has 0 saturated heterocycles. The van der Waals surface area contributed by atoms with Crippen molar-refractivity contribution in [2.45, 2.75) is 10.8 Å². The number of rotatable bonds is 8. The number of thiophene rings is 1. The van der Waals surface area contributed by atoms with Crippen molar-refractivity contribution >= 4 is 65.6 Å². The van der Waals surface area contributed by atoms with Crippen LogP contribution in [0.25, 0.3) is 31.3 Å². The number of fused-ring (bicyclic) bond motifs is 12. The van der Waals surface area contributed by atoms with Crippen LogP contribution in [-0.2, 0) is 10.8 Å². The molecule has 1 spiro atoms. The summed E-state index contributed by atoms with van der Waals surface area (Å²) in [6.45, 7) is 0. The van der Waals surface area contributed by atoms with Crippen LogP contribution in [0.15, 0.2) is 279 Å². The number of benzene rings is 11. The zero-order valence-electron chi connectivity index (χ0n) is 38.9. The molecule has 3 heteroatoms. The van der Waals surface area contributed by atoms with Crippen LogP contribution in [0.5, 0.6) is 0 Å². The molecule has 334 valence electrons. The summed E-state index contributed by atoms with van der Waals surface area (Å²) in [6, 6.07) is 104. The first-order valence-corrected chi connectivity index (χ1v) is 25.3. The van der Waals surface area contributed by atoms with Gasteiger partial charge in [-0.2, -0.15) is 0 Å². The molecule has 12 aromatic rings. The van der Waals surface area contributed by atoms with E-state index in [0.717, 1.165) is 34.1 Å². The van der Waals surface area contributed by atoms with E-state index in [4.69, 9.17) is 0 Å². The van der Waals surface area contributed by atoms with Crippen LogP contribution in [0, 0.1) is 0 Å². The quantitative estimate of drug-likeness (QED) is 0.150. The Morgan fingerprint density at radius 3 is 1.28 bits per heavy atom. The Balaban J connectivity index is 1.03. The van der Waals surface area contributed by atoms with E-state index < -0.39 is 10.8 Å². The normalized spacial score (nSPS) is 13.6. The van der Waals surface area contributed by atoms with E-state index in [-0.39, 0.29) is 0 Å². The Bertz CT molecular complexity index is 3810. The Morgan fingerprint density at radius 2 is 0.690 bits per heavy atom. The van der Waals surface area contributed by atoms with E-state index in [1.165, 1.54) is 75.8 Å². The second-order valence-corrected chi connectivity index (χ2v) is 19.8. The van der Waals surface area contributed by atoms with Crippen LogP contribution in [-0.4, -0.2) is 0 Å². The van der Waals surface area contributed by atoms with E-state index in [0.29, 0.717) is 0 Å². The molecule has 0 amide bonds. The van der Waals surface area contributed by atoms with Gasteiger partial charge in [-0.05, 0) is 128 Å². The SMILES string of the molecule is c1ccc(N(c2ccccc2)c2ccc(N(c3ccc4c(c3)C3(c5ccccc5-4)c4ccccc4C(c4ccccc4)(c4ccccc4)c4ccccc43)c3cccc4c3sc3ccccc34)cc2)cc1. The highest BCUT2D eigenvalue weighted by Crippen LogP contribution is 2.65. The zero-order chi connectivity index (χ0) is 46.9. The van der Waals surface area contributed by atoms with Crippen molar-refractivity contribution in [1.82, 2.24) is 0 Å². The summed E-state index contributed by atoms with van der Waals surface area (Å²) < 4.78 is 2.54. The minimum absolute atomic E-state index is 0.575. The van der Waals surface area contributed by atoms with Crippen molar-refractivity contribution in [1.29, 1.82) is 0 Å². The molecule has 71 heavy (non-hydrogen) atoms. The molecular weight excluding hydrogens is 877 g/mol. The van der Waals surface area contributed by atoms with Crippen LogP contribution in [0.1, 0.15) is 44.5 Å². The van der Waals surface area contributed by atoms with Crippen LogP contribution in [0.2, 0.25) is 0 Å². The average molecular weight is 923 g/mol. The summed E-state index contributed by atoms with van der Waals surface area (Å²) in [5.41, 5.74) is 18.3. The number of anilines is 6. The van der Waals surface area contributed by atoms with Crippen LogP contribution in [0.4, 0.5) is 34.1 Å². The zero-order valence-corrected chi connectivity index (χ0v) is 39.7. The molecule has 1 heterocycles. The molecule has 2 aliphatic carbocycles. The van der Waals surface area contributed by atoms with Crippen LogP contribution < -0.4 is 9.80 Å². The number of nitrogens with zero attached hydrogens (tertiary/aromatic N) is 2. The highest BCUT2D eigenvalue weighted by molar-refractivity contribution is 7.26. The largest absolute Gasteiger partial charge is 0.311 e. The lowest BCUT2D eigenvalue weighted by Gasteiger charge is -2.50. The first-order chi connectivity index (χ1) is 35.2. The Hall–Kier alpha value is -8.76. The molecule has 0 unspecified atom stereocenters. The molecule has 0 fully saturated rings. The number of para-hydroxylation sites is 2. The van der Waals surface area contributed by atoms with Crippen molar-refractivity contribution in [3.8, 4) is 11.1 Å². The van der Waals surface area contributed by atoms with Gasteiger partial charge in [0.15, 0.2) is 0 Å². The van der Waals surface area contributed by atoms with Crippen molar-refractivity contribution in [2.75, 3.05) is 9.80 Å². The van der Waals surface area contributed by atoms with Gasteiger partial charge in [0.05, 0.1) is 21.2 Å². The van der Waals surface area contributed by atoms with Gasteiger partial charge in [0.2, 0.25) is 0 Å². The van der Waals surface area contributed by atoms with E-state index >= 15 is 0 Å². The summed E-state index contributed by atoms with van der Waals surface area (Å²) in [5, 5.41) is 2.55. The summed E-state index contributed by atoms with van der Waals surface area (Å²) in [7, 11) is 0. The summed E-state index contributed by atoms with van der Waals surface area (Å²) in [4.78, 5) is 4.84. The Labute approximate surface area is 418 Å². The minimum Gasteiger partial charge on any atom is -0.311 e. The Kier molecular flexibility index (Phi) is 9.55. The topological polar surface area (TPSA) is 6.48 Å². The lowest BCUT2D eigenvalue weighted by Crippen LogP contribution is -2.44. The van der Waals surface area contributed by atoms with Gasteiger partial charge in [0, 0.05) is 43.9 Å². The second kappa shape index (κ2) is 16.4. The molecule has 2 nitrogen and oxygen atoms in total. The molecule has 14 rings (SSSR count). The minimum atomic E-state index is -0.632. The summed E-state index contributed by atoms with van der Waals surface area (Å²) in [5.74, 6) is 0. The molecule has 0 N–H and O–H groups in total. The fourth-order valence-corrected chi connectivity index (χ4v) is 13.6. The third-order valence-electron chi connectivity index (χ3n) is 15.2. The summed E-state index contributed by atoms with van der Waals surface area (Å²) >= 11 is 1.87. The van der Waals surface area contributed by atoms with E-state index in [1.807, 2.05) is 11.3 Å². The number of hydrogen-bond donors (Lipinski definition) is 0. The molecule has 1 aromatic heterocycles. The molecule has 0 bridgehead atoms. The lowest BCUT2D eigenvalue weighted by molar-refractivity contribution is 0.623. The van der Waals surface area contributed by atoms with Crippen LogP contribution in [0.3, 0.4) is 0 Å². The van der Waals surface area contributed by atoms with Gasteiger partial charge in [-0.3, -0.25) is 0 Å². The van der Waals surface area contributed by atoms with Gasteiger partial charge in [-0.25, -0.2) is 0 Å². The van der Waals surface area contributed by atoms with Crippen molar-refractivity contribution in [3.05, 3.63) is 324 Å². The predicted molar refractivity (Wildman–Crippen MR) is 298 cm³/mol. The first-order valence-electron chi connectivity index (χ1n) is 24.5. The maximum Gasteiger partial charge on any atom is 0.0720 e. The van der Waals surface area contributed by atoms with Gasteiger partial charge in [-0.1, -0.05) is 206 Å². The fraction of sp³-hybridized carbons (Fsp3) is 0.0294. The third kappa shape index (κ3) is 6.07. The van der Waals surface area contributed by atoms with Gasteiger partial charge in [-0.15, -0.1) is 11.3 Å². The maximum absolute atomic E-state index is 2.53. The average Bonchev–Trinajstić information content (AvgIpc) is 3.97. The molecule has 11 aromatic carbocycles. The number of hydrogen-bond acceptors (Lipinski definition) is 3. The molecule has 0 saturated carbocycles. The highest BCUT2D eigenvalue weighted by atomic mass is 32.1. The molecule has 0 atom stereocenters. The predicted octanol–water partition coefficient (Wildman–Crippen LogP) is 18.1. The molecule has 0 aliphatic heterocycles. The third-order valence-corrected chi connectivity index (χ3v) is 16.4. The van der Waals surface area contributed by atoms with E-state index in [2.05, 4.69) is 289 Å². The van der Waals surface area contributed by atoms with Crippen molar-refractivity contribution in [2.24, 2.45) is 0 Å². The summed E-state index contributed by atoms with van der Waals surface area (Å²) in [6.07, 6.45) is 0. The molecule has 0 radical (unpaired) electrons. The fourth-order valence-electron chi connectivity index (χ4n) is 12.4. The van der Waals surface area contributed by atoms with Gasteiger partial charge >= 0.3 is 0 Å². The second-order valence-electron chi connectivity index (χ2n) is 18.7. The first kappa shape index (κ1) is 41.2. The van der Waals surface area contributed by atoms with Crippen molar-refractivity contribution in [3.63, 3.8) is 0 Å². The molecule has 2 aliphatic rings. The van der Waals surface area contributed by atoms with Crippen molar-refractivity contribution < 1.29 is 0 Å². The smallest absolute Gasteiger partial charge is 0.0720 e. The van der Waals surface area contributed by atoms with E-state index in [1.54, 1.807) is 0 Å². The monoisotopic (exact) mass is 922 g/mol. The van der Waals surface area contributed by atoms with Crippen LogP contribution >= 0.6 is 11.3 Å². The lowest BCUT2D eigenvalue weighted by atomic mass is 9.51.